The Kier molecular flexibility index (Phi) is 13.7. The molecular formula is C23H36N4O12S. The van der Waals surface area contributed by atoms with Gasteiger partial charge in [-0.2, -0.15) is 4.72 Å². The van der Waals surface area contributed by atoms with Crippen LogP contribution in [0.1, 0.15) is 47.5 Å². The molecule has 40 heavy (non-hydrogen) atoms. The first-order chi connectivity index (χ1) is 18.6. The number of amides is 3. The summed E-state index contributed by atoms with van der Waals surface area (Å²) < 4.78 is 47.5. The van der Waals surface area contributed by atoms with Crippen molar-refractivity contribution in [3.05, 3.63) is 12.0 Å². The van der Waals surface area contributed by atoms with Crippen molar-refractivity contribution < 1.29 is 56.1 Å². The molecule has 0 spiro atoms. The lowest BCUT2D eigenvalue weighted by Gasteiger charge is -2.45. The summed E-state index contributed by atoms with van der Waals surface area (Å²) >= 11 is 0. The molecule has 1 fully saturated rings. The summed E-state index contributed by atoms with van der Waals surface area (Å²) in [5.41, 5.74) is 0. The molecular weight excluding hydrogens is 556 g/mol. The molecule has 0 aliphatic carbocycles. The third kappa shape index (κ3) is 11.7. The van der Waals surface area contributed by atoms with Gasteiger partial charge in [0.2, 0.25) is 27.7 Å². The number of ether oxygens (including phenoxy) is 4. The zero-order valence-electron chi connectivity index (χ0n) is 22.9. The van der Waals surface area contributed by atoms with Gasteiger partial charge in [-0.25, -0.2) is 8.42 Å². The Morgan fingerprint density at radius 2 is 1.55 bits per heavy atom. The second kappa shape index (κ2) is 15.9. The maximum Gasteiger partial charge on any atom is 0.303 e. The van der Waals surface area contributed by atoms with E-state index in [2.05, 4.69) is 27.3 Å². The molecule has 1 aliphatic rings. The molecule has 3 amide bonds. The van der Waals surface area contributed by atoms with Gasteiger partial charge in [-0.3, -0.25) is 28.8 Å². The quantitative estimate of drug-likeness (QED) is 0.128. The van der Waals surface area contributed by atoms with Crippen LogP contribution in [0, 0.1) is 0 Å². The predicted octanol–water partition coefficient (Wildman–Crippen LogP) is -1.89. The third-order valence-corrected chi connectivity index (χ3v) is 6.25. The summed E-state index contributed by atoms with van der Waals surface area (Å²) in [6.45, 7) is 9.02. The Morgan fingerprint density at radius 1 is 0.950 bits per heavy atom. The van der Waals surface area contributed by atoms with Crippen molar-refractivity contribution in [2.75, 3.05) is 13.2 Å². The molecule has 4 N–H and O–H groups in total. The minimum atomic E-state index is -4.13. The maximum atomic E-state index is 13.0. The highest BCUT2D eigenvalue weighted by atomic mass is 32.2. The largest absolute Gasteiger partial charge is 0.463 e. The zero-order valence-corrected chi connectivity index (χ0v) is 23.7. The number of carbonyl (C=O) groups is 6. The normalized spacial score (nSPS) is 23.1. The molecule has 16 nitrogen and oxygen atoms in total. The van der Waals surface area contributed by atoms with Crippen molar-refractivity contribution in [1.29, 1.82) is 0 Å². The highest BCUT2D eigenvalue weighted by Crippen LogP contribution is 2.26. The van der Waals surface area contributed by atoms with Gasteiger partial charge in [-0.05, 0) is 6.42 Å². The lowest BCUT2D eigenvalue weighted by atomic mass is 9.95. The van der Waals surface area contributed by atoms with E-state index < -0.39 is 95.3 Å². The van der Waals surface area contributed by atoms with E-state index in [0.29, 0.717) is 11.8 Å². The molecule has 0 saturated carbocycles. The predicted molar refractivity (Wildman–Crippen MR) is 136 cm³/mol. The molecule has 0 unspecified atom stereocenters. The van der Waals surface area contributed by atoms with Crippen LogP contribution in [0.3, 0.4) is 0 Å². The molecule has 0 aromatic heterocycles. The standard InChI is InChI=1S/C23H36N4O12S/c1-7-9-24-22(33)16(27-40(34,35)8-2)10-18(32)26-23-19(25-12(3)28)21(38-15(6)31)20(37-14(5)30)17(39-23)11-36-13(4)29/h8,16-17,19-21,23,27H,2,7,9-11H2,1,3-6H3,(H,24,33)(H,25,28)(H,26,32)/t16-,17+,19+,20+,21+,23+/m0/s1. The van der Waals surface area contributed by atoms with Gasteiger partial charge in [0.05, 0.1) is 6.42 Å². The molecule has 1 aliphatic heterocycles. The van der Waals surface area contributed by atoms with Gasteiger partial charge in [-0.1, -0.05) is 13.5 Å². The van der Waals surface area contributed by atoms with Crippen LogP contribution in [0.25, 0.3) is 0 Å². The highest BCUT2D eigenvalue weighted by molar-refractivity contribution is 7.92. The molecule has 1 heterocycles. The first-order valence-corrected chi connectivity index (χ1v) is 13.8. The second-order valence-electron chi connectivity index (χ2n) is 8.72. The third-order valence-electron chi connectivity index (χ3n) is 5.20. The van der Waals surface area contributed by atoms with Crippen LogP contribution >= 0.6 is 0 Å². The first kappa shape index (κ1) is 34.5. The van der Waals surface area contributed by atoms with Gasteiger partial charge in [-0.15, -0.1) is 0 Å². The van der Waals surface area contributed by atoms with Gasteiger partial charge in [0.15, 0.2) is 18.4 Å². The Balaban J connectivity index is 3.38. The van der Waals surface area contributed by atoms with Gasteiger partial charge < -0.3 is 34.9 Å². The second-order valence-corrected chi connectivity index (χ2v) is 10.4. The fourth-order valence-corrected chi connectivity index (χ4v) is 4.35. The molecule has 6 atom stereocenters. The molecule has 1 rings (SSSR count). The maximum absolute atomic E-state index is 13.0. The lowest BCUT2D eigenvalue weighted by Crippen LogP contribution is -2.69. The summed E-state index contributed by atoms with van der Waals surface area (Å²) in [6.07, 6.45) is -5.74. The van der Waals surface area contributed by atoms with Gasteiger partial charge in [0, 0.05) is 39.6 Å². The minimum absolute atomic E-state index is 0.211. The number of carbonyl (C=O) groups excluding carboxylic acids is 6. The smallest absolute Gasteiger partial charge is 0.303 e. The van der Waals surface area contributed by atoms with Crippen molar-refractivity contribution >= 4 is 45.7 Å². The van der Waals surface area contributed by atoms with E-state index in [9.17, 15) is 37.2 Å². The topological polar surface area (TPSA) is 222 Å². The Bertz CT molecular complexity index is 1080. The number of hydrogen-bond acceptors (Lipinski definition) is 12. The number of sulfonamides is 1. The van der Waals surface area contributed by atoms with Crippen LogP contribution in [0.4, 0.5) is 0 Å². The average molecular weight is 593 g/mol. The van der Waals surface area contributed by atoms with Crippen molar-refractivity contribution in [3.8, 4) is 0 Å². The molecule has 0 bridgehead atoms. The van der Waals surface area contributed by atoms with Crippen LogP contribution in [0.2, 0.25) is 0 Å². The fraction of sp³-hybridized carbons (Fsp3) is 0.652. The SMILES string of the molecule is C=CS(=O)(=O)N[C@@H](CC(=O)N[C@@H]1O[C@H](COC(C)=O)[C@@H](OC(C)=O)[C@H](OC(C)=O)[C@H]1NC(C)=O)C(=O)NCCC. The van der Waals surface area contributed by atoms with Crippen molar-refractivity contribution in [3.63, 3.8) is 0 Å². The summed E-state index contributed by atoms with van der Waals surface area (Å²) in [7, 11) is -4.13. The summed E-state index contributed by atoms with van der Waals surface area (Å²) in [6, 6.07) is -2.88. The van der Waals surface area contributed by atoms with Crippen molar-refractivity contribution in [1.82, 2.24) is 20.7 Å². The van der Waals surface area contributed by atoms with Gasteiger partial charge >= 0.3 is 17.9 Å². The first-order valence-electron chi connectivity index (χ1n) is 12.2. The van der Waals surface area contributed by atoms with Crippen LogP contribution in [-0.4, -0.2) is 93.8 Å². The van der Waals surface area contributed by atoms with E-state index in [1.807, 2.05) is 0 Å². The molecule has 0 radical (unpaired) electrons. The van der Waals surface area contributed by atoms with Crippen LogP contribution < -0.4 is 20.7 Å². The number of esters is 3. The number of hydrogen-bond donors (Lipinski definition) is 4. The van der Waals surface area contributed by atoms with E-state index in [4.69, 9.17) is 18.9 Å². The number of rotatable bonds is 14. The highest BCUT2D eigenvalue weighted by Gasteiger charge is 2.51. The van der Waals surface area contributed by atoms with E-state index in [1.165, 1.54) is 0 Å². The molecule has 0 aromatic carbocycles. The van der Waals surface area contributed by atoms with Crippen molar-refractivity contribution in [2.45, 2.75) is 84.1 Å². The lowest BCUT2D eigenvalue weighted by molar-refractivity contribution is -0.228. The monoisotopic (exact) mass is 592 g/mol. The molecule has 17 heteroatoms. The summed E-state index contributed by atoms with van der Waals surface area (Å²) in [5, 5.41) is 7.96. The zero-order chi connectivity index (χ0) is 30.6. The van der Waals surface area contributed by atoms with Crippen LogP contribution in [0.5, 0.6) is 0 Å². The minimum Gasteiger partial charge on any atom is -0.463 e. The van der Waals surface area contributed by atoms with Gasteiger partial charge in [0.25, 0.3) is 0 Å². The molecule has 226 valence electrons. The van der Waals surface area contributed by atoms with Crippen LogP contribution in [-0.2, 0) is 57.7 Å². The average Bonchev–Trinajstić information content (AvgIpc) is 2.83. The Hall–Kier alpha value is -3.57. The van der Waals surface area contributed by atoms with E-state index in [1.54, 1.807) is 6.92 Å². The van der Waals surface area contributed by atoms with E-state index in [0.717, 1.165) is 27.7 Å². The molecule has 1 saturated heterocycles. The Labute approximate surface area is 231 Å². The summed E-state index contributed by atoms with van der Waals surface area (Å²) in [5.74, 6) is -4.69. The number of nitrogens with one attached hydrogen (secondary N) is 4. The summed E-state index contributed by atoms with van der Waals surface area (Å²) in [4.78, 5) is 72.8. The van der Waals surface area contributed by atoms with E-state index >= 15 is 0 Å². The fourth-order valence-electron chi connectivity index (χ4n) is 3.66. The van der Waals surface area contributed by atoms with Gasteiger partial charge in [0.1, 0.15) is 24.8 Å². The molecule has 0 aromatic rings. The van der Waals surface area contributed by atoms with E-state index in [-0.39, 0.29) is 6.54 Å². The Morgan fingerprint density at radius 3 is 2.05 bits per heavy atom. The van der Waals surface area contributed by atoms with Crippen molar-refractivity contribution in [2.24, 2.45) is 0 Å². The van der Waals surface area contributed by atoms with Crippen LogP contribution in [0.15, 0.2) is 12.0 Å².